The van der Waals surface area contributed by atoms with Gasteiger partial charge in [0.15, 0.2) is 5.78 Å². The van der Waals surface area contributed by atoms with E-state index in [-0.39, 0.29) is 5.78 Å². The fourth-order valence-electron chi connectivity index (χ4n) is 2.99. The van der Waals surface area contributed by atoms with Crippen molar-refractivity contribution in [3.05, 3.63) is 83.6 Å². The third-order valence-electron chi connectivity index (χ3n) is 4.13. The van der Waals surface area contributed by atoms with Gasteiger partial charge in [-0.05, 0) is 29.9 Å². The molecule has 2 aromatic carbocycles. The first-order chi connectivity index (χ1) is 10.8. The largest absolute Gasteiger partial charge is 0.388 e. The quantitative estimate of drug-likeness (QED) is 0.906. The van der Waals surface area contributed by atoms with E-state index in [1.165, 1.54) is 11.1 Å². The van der Waals surface area contributed by atoms with Crippen LogP contribution in [0.15, 0.2) is 72.4 Å². The van der Waals surface area contributed by atoms with Gasteiger partial charge in [-0.2, -0.15) is 0 Å². The first-order valence-corrected chi connectivity index (χ1v) is 7.87. The summed E-state index contributed by atoms with van der Waals surface area (Å²) >= 11 is 0. The Hall–Kier alpha value is -2.35. The SMILES string of the molecule is O=C1C=C(NCCc2ccccc2)CC(c2ccccc2)C1. The summed E-state index contributed by atoms with van der Waals surface area (Å²) in [6, 6.07) is 20.8. The summed E-state index contributed by atoms with van der Waals surface area (Å²) in [5.74, 6) is 0.528. The molecule has 0 saturated carbocycles. The van der Waals surface area contributed by atoms with Gasteiger partial charge in [-0.25, -0.2) is 0 Å². The second kappa shape index (κ2) is 7.08. The molecule has 0 aliphatic heterocycles. The molecule has 0 fully saturated rings. The predicted molar refractivity (Wildman–Crippen MR) is 89.7 cm³/mol. The molecule has 22 heavy (non-hydrogen) atoms. The van der Waals surface area contributed by atoms with E-state index in [9.17, 15) is 4.79 Å². The van der Waals surface area contributed by atoms with Crippen LogP contribution < -0.4 is 5.32 Å². The van der Waals surface area contributed by atoms with Gasteiger partial charge < -0.3 is 5.32 Å². The molecular weight excluding hydrogens is 270 g/mol. The van der Waals surface area contributed by atoms with Crippen molar-refractivity contribution in [1.29, 1.82) is 0 Å². The van der Waals surface area contributed by atoms with E-state index >= 15 is 0 Å². The summed E-state index contributed by atoms with van der Waals surface area (Å²) in [6.45, 7) is 0.866. The molecule has 0 saturated heterocycles. The molecule has 2 nitrogen and oxygen atoms in total. The number of ketones is 1. The van der Waals surface area contributed by atoms with Crippen molar-refractivity contribution < 1.29 is 4.79 Å². The highest BCUT2D eigenvalue weighted by Gasteiger charge is 2.21. The monoisotopic (exact) mass is 291 g/mol. The Labute approximate surface area is 131 Å². The Morgan fingerprint density at radius 3 is 2.32 bits per heavy atom. The van der Waals surface area contributed by atoms with Crippen molar-refractivity contribution in [2.45, 2.75) is 25.2 Å². The third-order valence-corrected chi connectivity index (χ3v) is 4.13. The second-order valence-electron chi connectivity index (χ2n) is 5.81. The van der Waals surface area contributed by atoms with Crippen molar-refractivity contribution in [2.75, 3.05) is 6.54 Å². The lowest BCUT2D eigenvalue weighted by Crippen LogP contribution is -2.23. The van der Waals surface area contributed by atoms with Crippen LogP contribution in [-0.4, -0.2) is 12.3 Å². The predicted octanol–water partition coefficient (Wildman–Crippen LogP) is 3.85. The molecule has 0 aromatic heterocycles. The number of allylic oxidation sites excluding steroid dienone is 2. The van der Waals surface area contributed by atoms with Crippen LogP contribution in [-0.2, 0) is 11.2 Å². The van der Waals surface area contributed by atoms with Gasteiger partial charge in [-0.15, -0.1) is 0 Å². The van der Waals surface area contributed by atoms with Gasteiger partial charge in [0, 0.05) is 24.7 Å². The highest BCUT2D eigenvalue weighted by molar-refractivity contribution is 5.91. The highest BCUT2D eigenvalue weighted by Crippen LogP contribution is 2.30. The molecule has 0 heterocycles. The molecule has 0 bridgehead atoms. The van der Waals surface area contributed by atoms with Gasteiger partial charge >= 0.3 is 0 Å². The number of hydrogen-bond acceptors (Lipinski definition) is 2. The van der Waals surface area contributed by atoms with Crippen LogP contribution in [0.25, 0.3) is 0 Å². The number of carbonyl (C=O) groups excluding carboxylic acids is 1. The number of rotatable bonds is 5. The molecule has 1 unspecified atom stereocenters. The first-order valence-electron chi connectivity index (χ1n) is 7.87. The van der Waals surface area contributed by atoms with Gasteiger partial charge in [-0.1, -0.05) is 60.7 Å². The Morgan fingerprint density at radius 1 is 0.909 bits per heavy atom. The summed E-state index contributed by atoms with van der Waals surface area (Å²) in [6.07, 6.45) is 4.30. The summed E-state index contributed by atoms with van der Waals surface area (Å²) in [7, 11) is 0. The lowest BCUT2D eigenvalue weighted by atomic mass is 9.85. The number of hydrogen-bond donors (Lipinski definition) is 1. The fourth-order valence-corrected chi connectivity index (χ4v) is 2.99. The molecule has 0 radical (unpaired) electrons. The van der Waals surface area contributed by atoms with Crippen LogP contribution in [0.5, 0.6) is 0 Å². The zero-order chi connectivity index (χ0) is 15.2. The van der Waals surface area contributed by atoms with E-state index in [4.69, 9.17) is 0 Å². The van der Waals surface area contributed by atoms with E-state index in [0.29, 0.717) is 12.3 Å². The molecular formula is C20H21NO. The Morgan fingerprint density at radius 2 is 1.59 bits per heavy atom. The standard InChI is InChI=1S/C20H21NO/c22-20-14-18(17-9-5-2-6-10-17)13-19(15-20)21-12-11-16-7-3-1-4-8-16/h1-10,15,18,21H,11-14H2. The molecule has 2 heteroatoms. The Balaban J connectivity index is 1.58. The van der Waals surface area contributed by atoms with E-state index < -0.39 is 0 Å². The zero-order valence-electron chi connectivity index (χ0n) is 12.7. The smallest absolute Gasteiger partial charge is 0.158 e. The molecule has 1 aliphatic rings. The van der Waals surface area contributed by atoms with Crippen LogP contribution in [0.1, 0.15) is 29.9 Å². The molecule has 1 N–H and O–H groups in total. The van der Waals surface area contributed by atoms with Crippen molar-refractivity contribution in [2.24, 2.45) is 0 Å². The summed E-state index contributed by atoms with van der Waals surface area (Å²) in [4.78, 5) is 12.0. The molecule has 0 spiro atoms. The van der Waals surface area contributed by atoms with Crippen LogP contribution in [0.2, 0.25) is 0 Å². The van der Waals surface area contributed by atoms with Crippen molar-refractivity contribution in [3.8, 4) is 0 Å². The van der Waals surface area contributed by atoms with Gasteiger partial charge in [0.05, 0.1) is 0 Å². The van der Waals surface area contributed by atoms with Crippen LogP contribution in [0.4, 0.5) is 0 Å². The Kier molecular flexibility index (Phi) is 4.69. The minimum atomic E-state index is 0.224. The lowest BCUT2D eigenvalue weighted by Gasteiger charge is -2.23. The average molecular weight is 291 g/mol. The summed E-state index contributed by atoms with van der Waals surface area (Å²) in [5, 5.41) is 3.44. The van der Waals surface area contributed by atoms with Crippen LogP contribution in [0, 0.1) is 0 Å². The highest BCUT2D eigenvalue weighted by atomic mass is 16.1. The first kappa shape index (κ1) is 14.6. The van der Waals surface area contributed by atoms with Gasteiger partial charge in [0.1, 0.15) is 0 Å². The summed E-state index contributed by atoms with van der Waals surface area (Å²) in [5.41, 5.74) is 3.64. The number of carbonyl (C=O) groups is 1. The maximum absolute atomic E-state index is 12.0. The Bertz CT molecular complexity index is 646. The lowest BCUT2D eigenvalue weighted by molar-refractivity contribution is -0.115. The van der Waals surface area contributed by atoms with Crippen LogP contribution >= 0.6 is 0 Å². The molecule has 112 valence electrons. The number of nitrogens with one attached hydrogen (secondary N) is 1. The zero-order valence-corrected chi connectivity index (χ0v) is 12.7. The maximum atomic E-state index is 12.0. The minimum Gasteiger partial charge on any atom is -0.388 e. The third kappa shape index (κ3) is 3.85. The second-order valence-corrected chi connectivity index (χ2v) is 5.81. The van der Waals surface area contributed by atoms with Gasteiger partial charge in [-0.3, -0.25) is 4.79 Å². The average Bonchev–Trinajstić information content (AvgIpc) is 2.56. The van der Waals surface area contributed by atoms with Crippen molar-refractivity contribution in [3.63, 3.8) is 0 Å². The normalized spacial score (nSPS) is 17.9. The van der Waals surface area contributed by atoms with E-state index in [0.717, 1.165) is 25.1 Å². The maximum Gasteiger partial charge on any atom is 0.158 e. The molecule has 2 aromatic rings. The van der Waals surface area contributed by atoms with Crippen molar-refractivity contribution in [1.82, 2.24) is 5.32 Å². The van der Waals surface area contributed by atoms with Crippen LogP contribution in [0.3, 0.4) is 0 Å². The van der Waals surface area contributed by atoms with E-state index in [2.05, 4.69) is 41.7 Å². The molecule has 3 rings (SSSR count). The molecule has 1 aliphatic carbocycles. The van der Waals surface area contributed by atoms with E-state index in [1.54, 1.807) is 6.08 Å². The van der Waals surface area contributed by atoms with E-state index in [1.807, 2.05) is 24.3 Å². The number of benzene rings is 2. The van der Waals surface area contributed by atoms with Gasteiger partial charge in [0.2, 0.25) is 0 Å². The van der Waals surface area contributed by atoms with Crippen molar-refractivity contribution >= 4 is 5.78 Å². The molecule has 1 atom stereocenters. The topological polar surface area (TPSA) is 29.1 Å². The van der Waals surface area contributed by atoms with Gasteiger partial charge in [0.25, 0.3) is 0 Å². The summed E-state index contributed by atoms with van der Waals surface area (Å²) < 4.78 is 0. The fraction of sp³-hybridized carbons (Fsp3) is 0.250. The molecule has 0 amide bonds. The minimum absolute atomic E-state index is 0.224.